The summed E-state index contributed by atoms with van der Waals surface area (Å²) < 4.78 is 24.3. The molecule has 0 radical (unpaired) electrons. The van der Waals surface area contributed by atoms with Gasteiger partial charge in [-0.25, -0.2) is 0 Å². The van der Waals surface area contributed by atoms with Gasteiger partial charge in [-0.05, 0) is 36.8 Å². The largest absolute Gasteiger partial charge is 0.494 e. The molecule has 0 spiro atoms. The number of fused-ring (bicyclic) bond motifs is 2. The van der Waals surface area contributed by atoms with Gasteiger partial charge in [0.25, 0.3) is 5.91 Å². The smallest absolute Gasteiger partial charge is 0.272 e. The lowest BCUT2D eigenvalue weighted by Gasteiger charge is -2.24. The second-order valence-corrected chi connectivity index (χ2v) is 7.34. The number of benzene rings is 2. The molecule has 160 valence electrons. The van der Waals surface area contributed by atoms with Gasteiger partial charge in [-0.3, -0.25) is 9.48 Å². The summed E-state index contributed by atoms with van der Waals surface area (Å²) in [7, 11) is 0. The Morgan fingerprint density at radius 3 is 2.97 bits per heavy atom. The van der Waals surface area contributed by atoms with Crippen molar-refractivity contribution in [1.29, 1.82) is 0 Å². The summed E-state index contributed by atoms with van der Waals surface area (Å²) in [6.45, 7) is 4.02. The van der Waals surface area contributed by atoms with Crippen molar-refractivity contribution in [2.45, 2.75) is 32.7 Å². The van der Waals surface area contributed by atoms with Crippen LogP contribution in [-0.4, -0.2) is 29.1 Å². The van der Waals surface area contributed by atoms with E-state index in [0.717, 1.165) is 34.1 Å². The minimum absolute atomic E-state index is 0.170. The van der Waals surface area contributed by atoms with Gasteiger partial charge in [-0.15, -0.1) is 0 Å². The number of hydrogen-bond acceptors (Lipinski definition) is 6. The van der Waals surface area contributed by atoms with Gasteiger partial charge in [0.2, 0.25) is 6.79 Å². The van der Waals surface area contributed by atoms with E-state index in [-0.39, 0.29) is 18.8 Å². The highest BCUT2D eigenvalue weighted by molar-refractivity contribution is 5.92. The Balaban J connectivity index is 1.26. The van der Waals surface area contributed by atoms with Crippen molar-refractivity contribution in [3.8, 4) is 17.2 Å². The van der Waals surface area contributed by atoms with Crippen LogP contribution in [0.5, 0.6) is 17.2 Å². The van der Waals surface area contributed by atoms with Crippen molar-refractivity contribution in [3.05, 3.63) is 71.0 Å². The lowest BCUT2D eigenvalue weighted by Crippen LogP contribution is -2.24. The Kier molecular flexibility index (Phi) is 5.21. The zero-order valence-electron chi connectivity index (χ0n) is 17.2. The Hall–Kier alpha value is -3.52. The number of carbonyl (C=O) groups is 1. The van der Waals surface area contributed by atoms with Crippen LogP contribution < -0.4 is 19.5 Å². The van der Waals surface area contributed by atoms with Crippen LogP contribution in [0.15, 0.2) is 48.5 Å². The average Bonchev–Trinajstić information content (AvgIpc) is 3.44. The van der Waals surface area contributed by atoms with E-state index in [2.05, 4.69) is 10.4 Å². The molecule has 0 aliphatic carbocycles. The molecule has 2 aromatic carbocycles. The Morgan fingerprint density at radius 2 is 2.06 bits per heavy atom. The summed E-state index contributed by atoms with van der Waals surface area (Å²) in [6, 6.07) is 15.2. The molecule has 8 nitrogen and oxygen atoms in total. The molecule has 3 heterocycles. The molecule has 0 fully saturated rings. The normalized spacial score (nSPS) is 16.6. The van der Waals surface area contributed by atoms with Crippen LogP contribution in [0.1, 0.15) is 40.3 Å². The highest BCUT2D eigenvalue weighted by Crippen LogP contribution is 2.36. The van der Waals surface area contributed by atoms with Gasteiger partial charge < -0.3 is 24.3 Å². The second-order valence-electron chi connectivity index (χ2n) is 7.34. The molecule has 1 atom stereocenters. The van der Waals surface area contributed by atoms with Gasteiger partial charge in [-0.1, -0.05) is 24.3 Å². The summed E-state index contributed by atoms with van der Waals surface area (Å²) in [4.78, 5) is 12.7. The number of para-hydroxylation sites is 1. The quantitative estimate of drug-likeness (QED) is 0.658. The molecule has 0 saturated carbocycles. The number of rotatable bonds is 6. The van der Waals surface area contributed by atoms with E-state index in [9.17, 15) is 4.79 Å². The molecule has 0 bridgehead atoms. The lowest BCUT2D eigenvalue weighted by molar-refractivity contribution is -0.00128. The first-order valence-electron chi connectivity index (χ1n) is 10.3. The minimum Gasteiger partial charge on any atom is -0.494 e. The van der Waals surface area contributed by atoms with Crippen molar-refractivity contribution in [2.24, 2.45) is 0 Å². The molecular weight excluding hydrogens is 398 g/mol. The van der Waals surface area contributed by atoms with E-state index in [1.165, 1.54) is 0 Å². The van der Waals surface area contributed by atoms with Crippen LogP contribution in [0.3, 0.4) is 0 Å². The van der Waals surface area contributed by atoms with Crippen LogP contribution in [0.25, 0.3) is 0 Å². The van der Waals surface area contributed by atoms with Crippen LogP contribution in [-0.2, 0) is 24.4 Å². The lowest BCUT2D eigenvalue weighted by atomic mass is 10.1. The summed E-state index contributed by atoms with van der Waals surface area (Å²) in [5, 5.41) is 7.44. The second kappa shape index (κ2) is 8.31. The summed E-state index contributed by atoms with van der Waals surface area (Å²) in [5.41, 5.74) is 3.16. The van der Waals surface area contributed by atoms with Crippen molar-refractivity contribution < 1.29 is 23.7 Å². The minimum atomic E-state index is -0.229. The third-order valence-electron chi connectivity index (χ3n) is 5.35. The number of carbonyl (C=O) groups excluding carboxylic acids is 1. The first kappa shape index (κ1) is 19.4. The summed E-state index contributed by atoms with van der Waals surface area (Å²) in [5.74, 6) is 2.01. The van der Waals surface area contributed by atoms with Gasteiger partial charge in [0.05, 0.1) is 25.5 Å². The Labute approximate surface area is 179 Å². The van der Waals surface area contributed by atoms with E-state index in [1.54, 1.807) is 6.07 Å². The number of amides is 1. The monoisotopic (exact) mass is 421 g/mol. The maximum atomic E-state index is 12.7. The van der Waals surface area contributed by atoms with E-state index in [1.807, 2.05) is 54.1 Å². The molecule has 2 aliphatic rings. The molecular formula is C23H23N3O5. The van der Waals surface area contributed by atoms with Crippen molar-refractivity contribution in [2.75, 3.05) is 13.4 Å². The number of aromatic nitrogens is 2. The molecule has 31 heavy (non-hydrogen) atoms. The number of hydrogen-bond donors (Lipinski definition) is 1. The summed E-state index contributed by atoms with van der Waals surface area (Å²) >= 11 is 0. The fourth-order valence-electron chi connectivity index (χ4n) is 3.76. The van der Waals surface area contributed by atoms with Crippen molar-refractivity contribution >= 4 is 5.91 Å². The third kappa shape index (κ3) is 3.94. The molecule has 3 aromatic rings. The first-order chi connectivity index (χ1) is 15.2. The molecule has 1 amide bonds. The molecule has 1 aromatic heterocycles. The van der Waals surface area contributed by atoms with Gasteiger partial charge in [0, 0.05) is 12.1 Å². The predicted octanol–water partition coefficient (Wildman–Crippen LogP) is 3.21. The van der Waals surface area contributed by atoms with E-state index in [4.69, 9.17) is 18.9 Å². The van der Waals surface area contributed by atoms with Crippen molar-refractivity contribution in [3.63, 3.8) is 0 Å². The van der Waals surface area contributed by atoms with Crippen LogP contribution >= 0.6 is 0 Å². The van der Waals surface area contributed by atoms with Crippen LogP contribution in [0, 0.1) is 0 Å². The Bertz CT molecular complexity index is 1110. The van der Waals surface area contributed by atoms with Crippen molar-refractivity contribution in [1.82, 2.24) is 15.1 Å². The maximum absolute atomic E-state index is 12.7. The first-order valence-corrected chi connectivity index (χ1v) is 10.3. The number of nitrogens with one attached hydrogen (secondary N) is 1. The number of ether oxygens (including phenoxy) is 4. The SMILES string of the molecule is CCOc1ccccc1CNC(=O)c1cc2n(n1)CC(c1ccc3c(c1)OCO3)OC2. The fraction of sp³-hybridized carbons (Fsp3) is 0.304. The highest BCUT2D eigenvalue weighted by Gasteiger charge is 2.26. The van der Waals surface area contributed by atoms with Gasteiger partial charge in [0.1, 0.15) is 11.9 Å². The maximum Gasteiger partial charge on any atom is 0.272 e. The van der Waals surface area contributed by atoms with Gasteiger partial charge >= 0.3 is 0 Å². The van der Waals surface area contributed by atoms with E-state index in [0.29, 0.717) is 32.0 Å². The van der Waals surface area contributed by atoms with E-state index >= 15 is 0 Å². The molecule has 1 unspecified atom stereocenters. The molecule has 5 rings (SSSR count). The van der Waals surface area contributed by atoms with E-state index < -0.39 is 0 Å². The zero-order chi connectivity index (χ0) is 21.2. The van der Waals surface area contributed by atoms with Crippen LogP contribution in [0.2, 0.25) is 0 Å². The third-order valence-corrected chi connectivity index (χ3v) is 5.35. The number of nitrogens with zero attached hydrogens (tertiary/aromatic N) is 2. The topological polar surface area (TPSA) is 83.8 Å². The predicted molar refractivity (Wildman–Crippen MR) is 111 cm³/mol. The van der Waals surface area contributed by atoms with Gasteiger partial charge in [0.15, 0.2) is 17.2 Å². The molecule has 8 heteroatoms. The fourth-order valence-corrected chi connectivity index (χ4v) is 3.76. The molecule has 0 saturated heterocycles. The summed E-state index contributed by atoms with van der Waals surface area (Å²) in [6.07, 6.45) is -0.170. The zero-order valence-corrected chi connectivity index (χ0v) is 17.2. The standard InChI is InChI=1S/C23H23N3O5/c1-2-28-19-6-4-3-5-16(19)11-24-23(27)18-10-17-13-29-22(12-26(17)25-18)15-7-8-20-21(9-15)31-14-30-20/h3-10,22H,2,11-14H2,1H3,(H,24,27). The average molecular weight is 421 g/mol. The molecule has 1 N–H and O–H groups in total. The molecule has 2 aliphatic heterocycles. The Morgan fingerprint density at radius 1 is 1.19 bits per heavy atom. The van der Waals surface area contributed by atoms with Crippen LogP contribution in [0.4, 0.5) is 0 Å². The highest BCUT2D eigenvalue weighted by atomic mass is 16.7. The van der Waals surface area contributed by atoms with Gasteiger partial charge in [-0.2, -0.15) is 5.10 Å².